The third-order valence-electron chi connectivity index (χ3n) is 4.27. The Morgan fingerprint density at radius 3 is 2.16 bits per heavy atom. The predicted molar refractivity (Wildman–Crippen MR) is 101 cm³/mol. The molecule has 0 amide bonds. The lowest BCUT2D eigenvalue weighted by atomic mass is 9.95. The van der Waals surface area contributed by atoms with Crippen LogP contribution in [0.1, 0.15) is 42.6 Å². The zero-order chi connectivity index (χ0) is 18.1. The van der Waals surface area contributed by atoms with Gasteiger partial charge < -0.3 is 9.84 Å². The smallest absolute Gasteiger partial charge is 0.338 e. The molecule has 0 aromatic heterocycles. The van der Waals surface area contributed by atoms with Gasteiger partial charge in [0, 0.05) is 6.61 Å². The van der Waals surface area contributed by atoms with Crippen LogP contribution in [0.25, 0.3) is 5.57 Å². The van der Waals surface area contributed by atoms with Gasteiger partial charge in [0.1, 0.15) is 6.10 Å². The predicted octanol–water partition coefficient (Wildman–Crippen LogP) is 4.72. The Bertz CT molecular complexity index is 677. The second-order valence-electron chi connectivity index (χ2n) is 6.29. The molecular formula is C22H26O3. The molecule has 1 N–H and O–H groups in total. The van der Waals surface area contributed by atoms with E-state index >= 15 is 0 Å². The van der Waals surface area contributed by atoms with E-state index in [2.05, 4.69) is 0 Å². The number of benzene rings is 2. The number of allylic oxidation sites excluding steroid dienone is 1. The first kappa shape index (κ1) is 18.9. The minimum atomic E-state index is -0.334. The summed E-state index contributed by atoms with van der Waals surface area (Å²) >= 11 is 0. The Balaban J connectivity index is 2.19. The van der Waals surface area contributed by atoms with E-state index in [0.29, 0.717) is 12.0 Å². The molecule has 0 aliphatic rings. The van der Waals surface area contributed by atoms with Gasteiger partial charge in [0.25, 0.3) is 0 Å². The van der Waals surface area contributed by atoms with Crippen molar-refractivity contribution >= 4 is 11.5 Å². The molecule has 132 valence electrons. The molecule has 3 heteroatoms. The highest BCUT2D eigenvalue weighted by Gasteiger charge is 2.20. The molecule has 0 saturated heterocycles. The van der Waals surface area contributed by atoms with Crippen LogP contribution in [0.2, 0.25) is 0 Å². The maximum atomic E-state index is 12.5. The van der Waals surface area contributed by atoms with Crippen molar-refractivity contribution in [2.24, 2.45) is 5.92 Å². The fraction of sp³-hybridized carbons (Fsp3) is 0.318. The zero-order valence-corrected chi connectivity index (χ0v) is 14.9. The lowest BCUT2D eigenvalue weighted by Crippen LogP contribution is -2.24. The molecule has 2 rings (SSSR count). The molecule has 0 saturated carbocycles. The van der Waals surface area contributed by atoms with Crippen molar-refractivity contribution in [1.82, 2.24) is 0 Å². The van der Waals surface area contributed by atoms with E-state index < -0.39 is 0 Å². The topological polar surface area (TPSA) is 46.5 Å². The number of hydrogen-bond acceptors (Lipinski definition) is 3. The quantitative estimate of drug-likeness (QED) is 0.708. The van der Waals surface area contributed by atoms with Crippen molar-refractivity contribution < 1.29 is 14.6 Å². The molecule has 25 heavy (non-hydrogen) atoms. The SMILES string of the molecule is C/C(=C\C(OC(=O)c1ccccc1)[C@@H](C)CCCO)c1ccccc1. The van der Waals surface area contributed by atoms with Crippen LogP contribution >= 0.6 is 0 Å². The van der Waals surface area contributed by atoms with Gasteiger partial charge in [0.05, 0.1) is 5.56 Å². The minimum Gasteiger partial charge on any atom is -0.454 e. The monoisotopic (exact) mass is 338 g/mol. The number of hydrogen-bond donors (Lipinski definition) is 1. The van der Waals surface area contributed by atoms with Crippen LogP contribution in [0.3, 0.4) is 0 Å². The fourth-order valence-electron chi connectivity index (χ4n) is 2.70. The van der Waals surface area contributed by atoms with E-state index in [1.54, 1.807) is 12.1 Å². The summed E-state index contributed by atoms with van der Waals surface area (Å²) in [5.74, 6) is -0.197. The van der Waals surface area contributed by atoms with Crippen LogP contribution in [0.4, 0.5) is 0 Å². The summed E-state index contributed by atoms with van der Waals surface area (Å²) in [4.78, 5) is 12.5. The summed E-state index contributed by atoms with van der Waals surface area (Å²) in [5.41, 5.74) is 2.73. The average molecular weight is 338 g/mol. The molecule has 0 bridgehead atoms. The molecular weight excluding hydrogens is 312 g/mol. The number of carbonyl (C=O) groups is 1. The molecule has 0 radical (unpaired) electrons. The van der Waals surface area contributed by atoms with Gasteiger partial charge in [-0.2, -0.15) is 0 Å². The number of aliphatic hydroxyl groups excluding tert-OH is 1. The van der Waals surface area contributed by atoms with Crippen LogP contribution in [0.15, 0.2) is 66.7 Å². The Labute approximate surface area is 150 Å². The van der Waals surface area contributed by atoms with Gasteiger partial charge in [-0.15, -0.1) is 0 Å². The van der Waals surface area contributed by atoms with Crippen molar-refractivity contribution in [2.75, 3.05) is 6.61 Å². The maximum absolute atomic E-state index is 12.5. The first-order chi connectivity index (χ1) is 12.1. The summed E-state index contributed by atoms with van der Waals surface area (Å²) in [7, 11) is 0. The molecule has 3 nitrogen and oxygen atoms in total. The molecule has 0 fully saturated rings. The fourth-order valence-corrected chi connectivity index (χ4v) is 2.70. The Hall–Kier alpha value is -2.39. The van der Waals surface area contributed by atoms with Gasteiger partial charge in [0.15, 0.2) is 0 Å². The zero-order valence-electron chi connectivity index (χ0n) is 14.9. The standard InChI is InChI=1S/C22H26O3/c1-17(10-9-15-23)21(16-18(2)19-11-5-3-6-12-19)25-22(24)20-13-7-4-8-14-20/h3-8,11-14,16-17,21,23H,9-10,15H2,1-2H3/b18-16+/t17-,21?/m0/s1. The summed E-state index contributed by atoms with van der Waals surface area (Å²) < 4.78 is 5.79. The lowest BCUT2D eigenvalue weighted by Gasteiger charge is -2.22. The summed E-state index contributed by atoms with van der Waals surface area (Å²) in [6.07, 6.45) is 3.16. The van der Waals surface area contributed by atoms with Crippen LogP contribution < -0.4 is 0 Å². The van der Waals surface area contributed by atoms with Gasteiger partial charge in [0.2, 0.25) is 0 Å². The number of ether oxygens (including phenoxy) is 1. The van der Waals surface area contributed by atoms with E-state index in [1.807, 2.05) is 68.5 Å². The van der Waals surface area contributed by atoms with Crippen LogP contribution in [-0.4, -0.2) is 23.8 Å². The third kappa shape index (κ3) is 5.87. The first-order valence-electron chi connectivity index (χ1n) is 8.72. The molecule has 1 unspecified atom stereocenters. The van der Waals surface area contributed by atoms with Crippen LogP contribution in [0.5, 0.6) is 0 Å². The van der Waals surface area contributed by atoms with Crippen molar-refractivity contribution in [3.05, 3.63) is 77.9 Å². The molecule has 0 aliphatic heterocycles. The van der Waals surface area contributed by atoms with Gasteiger partial charge >= 0.3 is 5.97 Å². The van der Waals surface area contributed by atoms with Gasteiger partial charge in [-0.05, 0) is 55.0 Å². The number of carbonyl (C=O) groups excluding carboxylic acids is 1. The highest BCUT2D eigenvalue weighted by Crippen LogP contribution is 2.22. The summed E-state index contributed by atoms with van der Waals surface area (Å²) in [5, 5.41) is 9.09. The lowest BCUT2D eigenvalue weighted by molar-refractivity contribution is 0.0278. The van der Waals surface area contributed by atoms with Gasteiger partial charge in [-0.3, -0.25) is 0 Å². The van der Waals surface area contributed by atoms with E-state index in [9.17, 15) is 4.79 Å². The molecule has 2 atom stereocenters. The molecule has 0 spiro atoms. The van der Waals surface area contributed by atoms with Crippen LogP contribution in [0, 0.1) is 5.92 Å². The first-order valence-corrected chi connectivity index (χ1v) is 8.72. The second kappa shape index (κ2) is 9.80. The largest absolute Gasteiger partial charge is 0.454 e. The third-order valence-corrected chi connectivity index (χ3v) is 4.27. The molecule has 2 aromatic rings. The number of aliphatic hydroxyl groups is 1. The van der Waals surface area contributed by atoms with Crippen LogP contribution in [-0.2, 0) is 4.74 Å². The Kier molecular flexibility index (Phi) is 7.42. The molecule has 0 aliphatic carbocycles. The van der Waals surface area contributed by atoms with E-state index in [-0.39, 0.29) is 24.6 Å². The van der Waals surface area contributed by atoms with Crippen molar-refractivity contribution in [2.45, 2.75) is 32.8 Å². The van der Waals surface area contributed by atoms with Gasteiger partial charge in [-0.1, -0.05) is 55.5 Å². The van der Waals surface area contributed by atoms with Crippen molar-refractivity contribution in [3.8, 4) is 0 Å². The van der Waals surface area contributed by atoms with Gasteiger partial charge in [-0.25, -0.2) is 4.79 Å². The highest BCUT2D eigenvalue weighted by molar-refractivity contribution is 5.89. The minimum absolute atomic E-state index is 0.124. The second-order valence-corrected chi connectivity index (χ2v) is 6.29. The van der Waals surface area contributed by atoms with E-state index in [1.165, 1.54) is 0 Å². The maximum Gasteiger partial charge on any atom is 0.338 e. The van der Waals surface area contributed by atoms with E-state index in [4.69, 9.17) is 9.84 Å². The Morgan fingerprint density at radius 2 is 1.60 bits per heavy atom. The number of rotatable bonds is 8. The summed E-state index contributed by atoms with van der Waals surface area (Å²) in [6.45, 7) is 4.22. The molecule has 0 heterocycles. The van der Waals surface area contributed by atoms with Crippen molar-refractivity contribution in [1.29, 1.82) is 0 Å². The summed E-state index contributed by atoms with van der Waals surface area (Å²) in [6, 6.07) is 19.1. The van der Waals surface area contributed by atoms with E-state index in [0.717, 1.165) is 17.6 Å². The molecule has 2 aromatic carbocycles. The average Bonchev–Trinajstić information content (AvgIpc) is 2.66. The number of esters is 1. The normalized spacial score (nSPS) is 14.0. The van der Waals surface area contributed by atoms with Crippen molar-refractivity contribution in [3.63, 3.8) is 0 Å². The highest BCUT2D eigenvalue weighted by atomic mass is 16.5. The Morgan fingerprint density at radius 1 is 1.04 bits per heavy atom.